The molecule has 0 spiro atoms. The summed E-state index contributed by atoms with van der Waals surface area (Å²) in [6, 6.07) is 7.74. The number of carbonyl (C=O) groups is 2. The summed E-state index contributed by atoms with van der Waals surface area (Å²) in [6.07, 6.45) is 7.34. The van der Waals surface area contributed by atoms with Gasteiger partial charge in [-0.3, -0.25) is 9.59 Å². The lowest BCUT2D eigenvalue weighted by molar-refractivity contribution is -0.138. The molecule has 0 aliphatic heterocycles. The van der Waals surface area contributed by atoms with Crippen LogP contribution >= 0.6 is 0 Å². The molecule has 1 aromatic carbocycles. The van der Waals surface area contributed by atoms with Crippen LogP contribution in [-0.2, 0) is 22.4 Å². The third-order valence-corrected chi connectivity index (χ3v) is 5.44. The zero-order valence-corrected chi connectivity index (χ0v) is 14.7. The Kier molecular flexibility index (Phi) is 5.74. The minimum absolute atomic E-state index is 0.0631. The van der Waals surface area contributed by atoms with Crippen molar-refractivity contribution < 1.29 is 14.7 Å². The Morgan fingerprint density at radius 1 is 1.00 bits per heavy atom. The minimum atomic E-state index is -1.37. The normalized spacial score (nSPS) is 19.2. The second-order valence-electron chi connectivity index (χ2n) is 7.47. The van der Waals surface area contributed by atoms with Crippen molar-refractivity contribution >= 4 is 11.8 Å². The second kappa shape index (κ2) is 8.00. The van der Waals surface area contributed by atoms with E-state index in [0.717, 1.165) is 24.0 Å². The van der Waals surface area contributed by atoms with Crippen LogP contribution in [0.15, 0.2) is 24.3 Å². The van der Waals surface area contributed by atoms with Gasteiger partial charge in [0.2, 0.25) is 5.91 Å². The van der Waals surface area contributed by atoms with Crippen molar-refractivity contribution in [3.8, 4) is 0 Å². The molecular formula is C20H28N2O3. The Balaban J connectivity index is 1.36. The van der Waals surface area contributed by atoms with Crippen LogP contribution in [0, 0.1) is 5.92 Å². The van der Waals surface area contributed by atoms with Crippen molar-refractivity contribution in [2.75, 3.05) is 13.1 Å². The number of hydrogen-bond acceptors (Lipinski definition) is 3. The zero-order valence-electron chi connectivity index (χ0n) is 14.7. The summed E-state index contributed by atoms with van der Waals surface area (Å²) in [5, 5.41) is 16.2. The summed E-state index contributed by atoms with van der Waals surface area (Å²) < 4.78 is 0. The number of nitrogens with one attached hydrogen (secondary N) is 2. The lowest BCUT2D eigenvalue weighted by atomic mass is 9.87. The van der Waals surface area contributed by atoms with Gasteiger partial charge in [-0.1, -0.05) is 43.5 Å². The smallest absolute Gasteiger partial charge is 0.252 e. The fourth-order valence-corrected chi connectivity index (χ4v) is 4.02. The summed E-state index contributed by atoms with van der Waals surface area (Å²) >= 11 is 0. The number of amides is 2. The molecule has 1 aromatic rings. The van der Waals surface area contributed by atoms with Crippen molar-refractivity contribution in [2.45, 2.75) is 57.0 Å². The third kappa shape index (κ3) is 4.60. The summed E-state index contributed by atoms with van der Waals surface area (Å²) in [4.78, 5) is 24.3. The monoisotopic (exact) mass is 344 g/mol. The van der Waals surface area contributed by atoms with Crippen LogP contribution < -0.4 is 10.6 Å². The van der Waals surface area contributed by atoms with Gasteiger partial charge >= 0.3 is 0 Å². The molecule has 3 rings (SSSR count). The van der Waals surface area contributed by atoms with Crippen LogP contribution in [0.3, 0.4) is 0 Å². The van der Waals surface area contributed by atoms with Crippen molar-refractivity contribution in [2.24, 2.45) is 5.92 Å². The standard InChI is InChI=1S/C20H28N2O3/c23-18(12-15-6-2-1-3-7-15)21-10-11-22-19(24)20(25)13-16-8-4-5-9-17(16)14-20/h4-5,8-9,15,25H,1-3,6-7,10-14H2,(H,21,23)(H,22,24). The molecule has 1 saturated carbocycles. The molecule has 0 radical (unpaired) electrons. The van der Waals surface area contributed by atoms with E-state index in [1.165, 1.54) is 19.3 Å². The highest BCUT2D eigenvalue weighted by Crippen LogP contribution is 2.30. The van der Waals surface area contributed by atoms with E-state index in [9.17, 15) is 14.7 Å². The van der Waals surface area contributed by atoms with Crippen molar-refractivity contribution in [3.05, 3.63) is 35.4 Å². The van der Waals surface area contributed by atoms with E-state index < -0.39 is 5.60 Å². The fraction of sp³-hybridized carbons (Fsp3) is 0.600. The average molecular weight is 344 g/mol. The van der Waals surface area contributed by atoms with E-state index in [1.54, 1.807) is 0 Å². The quantitative estimate of drug-likeness (QED) is 0.688. The summed E-state index contributed by atoms with van der Waals surface area (Å²) in [5.41, 5.74) is 0.692. The third-order valence-electron chi connectivity index (χ3n) is 5.44. The molecular weight excluding hydrogens is 316 g/mol. The first-order valence-corrected chi connectivity index (χ1v) is 9.41. The number of fused-ring (bicyclic) bond motifs is 1. The van der Waals surface area contributed by atoms with Crippen LogP contribution in [-0.4, -0.2) is 35.6 Å². The van der Waals surface area contributed by atoms with Gasteiger partial charge in [-0.05, 0) is 29.9 Å². The number of aliphatic hydroxyl groups is 1. The first-order valence-electron chi connectivity index (χ1n) is 9.41. The maximum absolute atomic E-state index is 12.3. The average Bonchev–Trinajstić information content (AvgIpc) is 2.97. The highest BCUT2D eigenvalue weighted by molar-refractivity contribution is 5.86. The maximum Gasteiger partial charge on any atom is 0.252 e. The van der Waals surface area contributed by atoms with E-state index in [2.05, 4.69) is 10.6 Å². The van der Waals surface area contributed by atoms with Gasteiger partial charge < -0.3 is 15.7 Å². The van der Waals surface area contributed by atoms with E-state index in [4.69, 9.17) is 0 Å². The predicted octanol–water partition coefficient (Wildman–Crippen LogP) is 1.72. The summed E-state index contributed by atoms with van der Waals surface area (Å²) in [6.45, 7) is 0.744. The first kappa shape index (κ1) is 17.9. The predicted molar refractivity (Wildman–Crippen MR) is 96.0 cm³/mol. The van der Waals surface area contributed by atoms with Gasteiger partial charge in [-0.2, -0.15) is 0 Å². The number of hydrogen-bond donors (Lipinski definition) is 3. The largest absolute Gasteiger partial charge is 0.379 e. The van der Waals surface area contributed by atoms with Crippen molar-refractivity contribution in [1.29, 1.82) is 0 Å². The Bertz CT molecular complexity index is 598. The molecule has 0 saturated heterocycles. The number of benzene rings is 1. The molecule has 0 unspecified atom stereocenters. The van der Waals surface area contributed by atoms with Crippen LogP contribution in [0.4, 0.5) is 0 Å². The van der Waals surface area contributed by atoms with E-state index >= 15 is 0 Å². The second-order valence-corrected chi connectivity index (χ2v) is 7.47. The Morgan fingerprint density at radius 2 is 1.60 bits per heavy atom. The lowest BCUT2D eigenvalue weighted by Crippen LogP contribution is -2.49. The van der Waals surface area contributed by atoms with Crippen LogP contribution in [0.1, 0.15) is 49.7 Å². The maximum atomic E-state index is 12.3. The van der Waals surface area contributed by atoms with Crippen molar-refractivity contribution in [1.82, 2.24) is 10.6 Å². The molecule has 0 bridgehead atoms. The SMILES string of the molecule is O=C(CC1CCCCC1)NCCNC(=O)C1(O)Cc2ccccc2C1. The van der Waals surface area contributed by atoms with Crippen molar-refractivity contribution in [3.63, 3.8) is 0 Å². The van der Waals surface area contributed by atoms with E-state index in [1.807, 2.05) is 24.3 Å². The van der Waals surface area contributed by atoms with Gasteiger partial charge in [0, 0.05) is 32.4 Å². The Hall–Kier alpha value is -1.88. The molecule has 3 N–H and O–H groups in total. The van der Waals surface area contributed by atoms with Gasteiger partial charge in [-0.15, -0.1) is 0 Å². The molecule has 2 aliphatic rings. The van der Waals surface area contributed by atoms with Gasteiger partial charge in [-0.25, -0.2) is 0 Å². The number of carbonyl (C=O) groups excluding carboxylic acids is 2. The lowest BCUT2D eigenvalue weighted by Gasteiger charge is -2.22. The molecule has 5 nitrogen and oxygen atoms in total. The molecule has 2 amide bonds. The molecule has 5 heteroatoms. The van der Waals surface area contributed by atoms with E-state index in [0.29, 0.717) is 38.3 Å². The zero-order chi connectivity index (χ0) is 17.7. The number of rotatable bonds is 6. The fourth-order valence-electron chi connectivity index (χ4n) is 4.02. The van der Waals surface area contributed by atoms with Gasteiger partial charge in [0.25, 0.3) is 5.91 Å². The molecule has 25 heavy (non-hydrogen) atoms. The Labute approximate surface area is 149 Å². The minimum Gasteiger partial charge on any atom is -0.379 e. The molecule has 0 aromatic heterocycles. The highest BCUT2D eigenvalue weighted by Gasteiger charge is 2.41. The highest BCUT2D eigenvalue weighted by atomic mass is 16.3. The van der Waals surface area contributed by atoms with Crippen LogP contribution in [0.5, 0.6) is 0 Å². The molecule has 136 valence electrons. The van der Waals surface area contributed by atoms with Gasteiger partial charge in [0.1, 0.15) is 0 Å². The van der Waals surface area contributed by atoms with Gasteiger partial charge in [0.05, 0.1) is 0 Å². The molecule has 0 atom stereocenters. The molecule has 2 aliphatic carbocycles. The first-order chi connectivity index (χ1) is 12.1. The summed E-state index contributed by atoms with van der Waals surface area (Å²) in [7, 11) is 0. The van der Waals surface area contributed by atoms with Crippen LogP contribution in [0.25, 0.3) is 0 Å². The Morgan fingerprint density at radius 3 is 2.24 bits per heavy atom. The summed E-state index contributed by atoms with van der Waals surface area (Å²) in [5.74, 6) is 0.222. The molecule has 1 fully saturated rings. The van der Waals surface area contributed by atoms with Gasteiger partial charge in [0.15, 0.2) is 5.60 Å². The molecule has 0 heterocycles. The topological polar surface area (TPSA) is 78.4 Å². The van der Waals surface area contributed by atoms with E-state index in [-0.39, 0.29) is 11.8 Å². The van der Waals surface area contributed by atoms with Crippen LogP contribution in [0.2, 0.25) is 0 Å².